The van der Waals surface area contributed by atoms with Crippen LogP contribution in [0.5, 0.6) is 11.5 Å². The average molecular weight is 357 g/mol. The first-order valence-electron chi connectivity index (χ1n) is 8.53. The first-order valence-corrected chi connectivity index (χ1v) is 9.41. The molecule has 3 rings (SSSR count). The van der Waals surface area contributed by atoms with Crippen LogP contribution in [0.4, 0.5) is 0 Å². The summed E-state index contributed by atoms with van der Waals surface area (Å²) in [5.41, 5.74) is 0.917. The second-order valence-corrected chi connectivity index (χ2v) is 6.99. The van der Waals surface area contributed by atoms with Crippen LogP contribution in [0.1, 0.15) is 30.2 Å². The van der Waals surface area contributed by atoms with Gasteiger partial charge in [0.1, 0.15) is 0 Å². The molecule has 1 aromatic carbocycles. The third-order valence-corrected chi connectivity index (χ3v) is 4.94. The maximum absolute atomic E-state index is 12.6. The van der Waals surface area contributed by atoms with E-state index in [-0.39, 0.29) is 5.91 Å². The summed E-state index contributed by atoms with van der Waals surface area (Å²) in [4.78, 5) is 15.8. The molecule has 25 heavy (non-hydrogen) atoms. The normalized spacial score (nSPS) is 13.8. The number of methoxy groups -OCH3 is 1. The first-order chi connectivity index (χ1) is 12.2. The van der Waals surface area contributed by atoms with E-state index >= 15 is 0 Å². The van der Waals surface area contributed by atoms with E-state index < -0.39 is 0 Å². The lowest BCUT2D eigenvalue weighted by molar-refractivity contribution is -0.127. The third kappa shape index (κ3) is 4.63. The van der Waals surface area contributed by atoms with Crippen LogP contribution in [0.2, 0.25) is 0 Å². The number of hydrogen-bond acceptors (Lipinski definition) is 4. The zero-order valence-corrected chi connectivity index (χ0v) is 15.4. The number of carbonyl (C=O) groups excluding carboxylic acids is 1. The Morgan fingerprint density at radius 2 is 2.16 bits per heavy atom. The molecule has 5 heteroatoms. The summed E-state index contributed by atoms with van der Waals surface area (Å²) in [5, 5.41) is 2.05. The van der Waals surface area contributed by atoms with Gasteiger partial charge in [0.05, 0.1) is 20.3 Å². The minimum absolute atomic E-state index is 0.0590. The number of carbonyl (C=O) groups is 1. The maximum atomic E-state index is 12.6. The molecule has 1 aromatic heterocycles. The third-order valence-electron chi connectivity index (χ3n) is 4.08. The number of ether oxygens (including phenoxy) is 2. The van der Waals surface area contributed by atoms with Crippen LogP contribution in [0, 0.1) is 0 Å². The van der Waals surface area contributed by atoms with Crippen molar-refractivity contribution in [3.63, 3.8) is 0 Å². The molecule has 1 aliphatic carbocycles. The monoisotopic (exact) mass is 357 g/mol. The van der Waals surface area contributed by atoms with Gasteiger partial charge in [-0.2, -0.15) is 0 Å². The molecule has 1 heterocycles. The van der Waals surface area contributed by atoms with Gasteiger partial charge in [0.15, 0.2) is 11.5 Å². The Morgan fingerprint density at radius 3 is 2.80 bits per heavy atom. The first kappa shape index (κ1) is 17.5. The summed E-state index contributed by atoms with van der Waals surface area (Å²) in [6.07, 6.45) is 5.69. The summed E-state index contributed by atoms with van der Waals surface area (Å²) in [5.74, 6) is 1.45. The van der Waals surface area contributed by atoms with Crippen LogP contribution in [0.15, 0.2) is 41.8 Å². The van der Waals surface area contributed by atoms with Gasteiger partial charge < -0.3 is 14.4 Å². The van der Waals surface area contributed by atoms with E-state index in [4.69, 9.17) is 9.47 Å². The fourth-order valence-electron chi connectivity index (χ4n) is 2.67. The minimum Gasteiger partial charge on any atom is -0.493 e. The van der Waals surface area contributed by atoms with E-state index in [2.05, 4.69) is 6.07 Å². The summed E-state index contributed by atoms with van der Waals surface area (Å²) in [6, 6.07) is 10.2. The van der Waals surface area contributed by atoms with Crippen molar-refractivity contribution in [2.75, 3.05) is 13.7 Å². The van der Waals surface area contributed by atoms with Gasteiger partial charge in [-0.3, -0.25) is 4.79 Å². The van der Waals surface area contributed by atoms with E-state index in [9.17, 15) is 4.79 Å². The van der Waals surface area contributed by atoms with Crippen LogP contribution in [0.25, 0.3) is 6.08 Å². The highest BCUT2D eigenvalue weighted by atomic mass is 32.1. The van der Waals surface area contributed by atoms with E-state index in [1.165, 1.54) is 4.88 Å². The highest BCUT2D eigenvalue weighted by Crippen LogP contribution is 2.30. The van der Waals surface area contributed by atoms with Crippen LogP contribution in [-0.2, 0) is 11.3 Å². The molecule has 4 nitrogen and oxygen atoms in total. The van der Waals surface area contributed by atoms with E-state index in [1.54, 1.807) is 24.5 Å². The van der Waals surface area contributed by atoms with E-state index in [1.807, 2.05) is 47.5 Å². The van der Waals surface area contributed by atoms with Gasteiger partial charge in [-0.1, -0.05) is 12.1 Å². The topological polar surface area (TPSA) is 38.8 Å². The number of rotatable bonds is 8. The van der Waals surface area contributed by atoms with Crippen molar-refractivity contribution in [1.29, 1.82) is 0 Å². The summed E-state index contributed by atoms with van der Waals surface area (Å²) in [7, 11) is 1.62. The lowest BCUT2D eigenvalue weighted by atomic mass is 10.2. The number of benzene rings is 1. The van der Waals surface area contributed by atoms with Crippen molar-refractivity contribution in [3.05, 3.63) is 52.2 Å². The molecule has 0 bridgehead atoms. The molecule has 1 fully saturated rings. The number of hydrogen-bond donors (Lipinski definition) is 0. The molecule has 1 amide bonds. The molecule has 0 saturated heterocycles. The Bertz CT molecular complexity index is 735. The van der Waals surface area contributed by atoms with Crippen molar-refractivity contribution < 1.29 is 14.3 Å². The van der Waals surface area contributed by atoms with Gasteiger partial charge in [-0.15, -0.1) is 11.3 Å². The largest absolute Gasteiger partial charge is 0.493 e. The van der Waals surface area contributed by atoms with Crippen molar-refractivity contribution in [2.45, 2.75) is 32.4 Å². The fourth-order valence-corrected chi connectivity index (χ4v) is 3.37. The molecular formula is C20H23NO3S. The standard InChI is InChI=1S/C20H23NO3S/c1-3-24-18-10-6-15(13-19(18)23-2)7-11-20(22)21(16-8-9-16)14-17-5-4-12-25-17/h4-7,10-13,16H,3,8-9,14H2,1-2H3/b11-7+. The second kappa shape index (κ2) is 8.21. The van der Waals surface area contributed by atoms with Crippen molar-refractivity contribution in [2.24, 2.45) is 0 Å². The van der Waals surface area contributed by atoms with Gasteiger partial charge >= 0.3 is 0 Å². The summed E-state index contributed by atoms with van der Waals surface area (Å²) >= 11 is 1.69. The number of amides is 1. The van der Waals surface area contributed by atoms with Gasteiger partial charge in [0.25, 0.3) is 0 Å². The molecule has 0 aliphatic heterocycles. The van der Waals surface area contributed by atoms with Crippen molar-refractivity contribution >= 4 is 23.3 Å². The van der Waals surface area contributed by atoms with Gasteiger partial charge in [0, 0.05) is 17.0 Å². The predicted octanol–water partition coefficient (Wildman–Crippen LogP) is 4.36. The molecular weight excluding hydrogens is 334 g/mol. The van der Waals surface area contributed by atoms with Crippen LogP contribution in [0.3, 0.4) is 0 Å². The maximum Gasteiger partial charge on any atom is 0.247 e. The Hall–Kier alpha value is -2.27. The summed E-state index contributed by atoms with van der Waals surface area (Å²) in [6.45, 7) is 3.22. The SMILES string of the molecule is CCOc1ccc(/C=C/C(=O)N(Cc2cccs2)C2CC2)cc1OC. The Balaban J connectivity index is 1.70. The molecule has 0 N–H and O–H groups in total. The number of thiophene rings is 1. The highest BCUT2D eigenvalue weighted by Gasteiger charge is 2.31. The summed E-state index contributed by atoms with van der Waals surface area (Å²) < 4.78 is 10.9. The van der Waals surface area contributed by atoms with E-state index in [0.717, 1.165) is 18.4 Å². The Morgan fingerprint density at radius 1 is 1.32 bits per heavy atom. The minimum atomic E-state index is 0.0590. The quantitative estimate of drug-likeness (QED) is 0.659. The van der Waals surface area contributed by atoms with E-state index in [0.29, 0.717) is 30.7 Å². The zero-order chi connectivity index (χ0) is 17.6. The second-order valence-electron chi connectivity index (χ2n) is 5.95. The number of nitrogens with zero attached hydrogens (tertiary/aromatic N) is 1. The van der Waals surface area contributed by atoms with Crippen molar-refractivity contribution in [3.8, 4) is 11.5 Å². The van der Waals surface area contributed by atoms with Crippen LogP contribution in [-0.4, -0.2) is 30.6 Å². The Labute approximate surface area is 152 Å². The lowest BCUT2D eigenvalue weighted by Gasteiger charge is -2.20. The molecule has 2 aromatic rings. The molecule has 1 aliphatic rings. The lowest BCUT2D eigenvalue weighted by Crippen LogP contribution is -2.30. The van der Waals surface area contributed by atoms with Gasteiger partial charge in [-0.25, -0.2) is 0 Å². The van der Waals surface area contributed by atoms with Crippen molar-refractivity contribution in [1.82, 2.24) is 4.90 Å². The molecule has 0 unspecified atom stereocenters. The van der Waals surface area contributed by atoms with Crippen LogP contribution < -0.4 is 9.47 Å². The fraction of sp³-hybridized carbons (Fsp3) is 0.350. The zero-order valence-electron chi connectivity index (χ0n) is 14.6. The predicted molar refractivity (Wildman–Crippen MR) is 101 cm³/mol. The van der Waals surface area contributed by atoms with Gasteiger partial charge in [-0.05, 0) is 55.0 Å². The average Bonchev–Trinajstić information content (AvgIpc) is 3.34. The van der Waals surface area contributed by atoms with Crippen LogP contribution >= 0.6 is 11.3 Å². The highest BCUT2D eigenvalue weighted by molar-refractivity contribution is 7.09. The molecule has 0 spiro atoms. The molecule has 132 valence electrons. The molecule has 1 saturated carbocycles. The van der Waals surface area contributed by atoms with Gasteiger partial charge in [0.2, 0.25) is 5.91 Å². The Kier molecular flexibility index (Phi) is 5.76. The smallest absolute Gasteiger partial charge is 0.247 e. The molecule has 0 radical (unpaired) electrons. The molecule has 0 atom stereocenters.